The van der Waals surface area contributed by atoms with Crippen molar-refractivity contribution in [3.63, 3.8) is 0 Å². The molecule has 0 aliphatic carbocycles. The molecule has 1 aromatic rings. The highest BCUT2D eigenvalue weighted by atomic mass is 32.2. The molecule has 4 aliphatic rings. The Bertz CT molecular complexity index is 1040. The Morgan fingerprint density at radius 2 is 2.03 bits per heavy atom. The Balaban J connectivity index is 1.55. The zero-order chi connectivity index (χ0) is 22.1. The van der Waals surface area contributed by atoms with Crippen LogP contribution in [0.5, 0.6) is 0 Å². The van der Waals surface area contributed by atoms with Crippen molar-refractivity contribution in [3.05, 3.63) is 35.1 Å². The van der Waals surface area contributed by atoms with Gasteiger partial charge in [-0.1, -0.05) is 26.8 Å². The maximum Gasteiger partial charge on any atom is 0.261 e. The van der Waals surface area contributed by atoms with Crippen molar-refractivity contribution < 1.29 is 18.8 Å². The first kappa shape index (κ1) is 20.7. The van der Waals surface area contributed by atoms with Crippen LogP contribution in [0.1, 0.15) is 45.6 Å². The van der Waals surface area contributed by atoms with Crippen LogP contribution in [-0.2, 0) is 20.5 Å². The summed E-state index contributed by atoms with van der Waals surface area (Å²) < 4.78 is 23.2. The van der Waals surface area contributed by atoms with E-state index >= 15 is 0 Å². The molecule has 31 heavy (non-hydrogen) atoms. The topological polar surface area (TPSA) is 91.2 Å². The number of amidine groups is 1. The van der Waals surface area contributed by atoms with Gasteiger partial charge in [0.15, 0.2) is 16.8 Å². The minimum absolute atomic E-state index is 0.0213. The summed E-state index contributed by atoms with van der Waals surface area (Å²) in [6.07, 6.45) is 2.48. The molecular weight excluding hydrogens is 414 g/mol. The van der Waals surface area contributed by atoms with Gasteiger partial charge in [0.25, 0.3) is 5.91 Å². The van der Waals surface area contributed by atoms with Gasteiger partial charge in [-0.25, -0.2) is 4.21 Å². The molecule has 4 aliphatic heterocycles. The normalized spacial score (nSPS) is 32.0. The number of hydrogen-bond acceptors (Lipinski definition) is 5. The maximum absolute atomic E-state index is 13.7. The van der Waals surface area contributed by atoms with E-state index in [1.807, 2.05) is 30.0 Å². The van der Waals surface area contributed by atoms with Crippen LogP contribution in [0.15, 0.2) is 38.8 Å². The predicted octanol–water partition coefficient (Wildman–Crippen LogP) is 3.48. The quantitative estimate of drug-likeness (QED) is 0.746. The smallest absolute Gasteiger partial charge is 0.261 e. The summed E-state index contributed by atoms with van der Waals surface area (Å²) in [6.45, 7) is 8.97. The fourth-order valence-corrected chi connectivity index (χ4v) is 6.14. The monoisotopic (exact) mass is 443 g/mol. The number of ether oxygens (including phenoxy) is 1. The molecule has 166 valence electrons. The highest BCUT2D eigenvalue weighted by Gasteiger charge is 2.58. The van der Waals surface area contributed by atoms with Gasteiger partial charge in [0, 0.05) is 6.54 Å². The molecule has 0 saturated carbocycles. The van der Waals surface area contributed by atoms with E-state index in [2.05, 4.69) is 30.5 Å². The molecule has 5 unspecified atom stereocenters. The third-order valence-corrected chi connectivity index (χ3v) is 7.80. The number of hydrogen-bond donors (Lipinski definition) is 2. The van der Waals surface area contributed by atoms with Gasteiger partial charge in [-0.3, -0.25) is 4.79 Å². The van der Waals surface area contributed by atoms with E-state index in [9.17, 15) is 14.1 Å². The number of carbonyl (C=O) groups is 1. The minimum Gasteiger partial charge on any atom is -0.511 e. The first-order chi connectivity index (χ1) is 14.6. The zero-order valence-corrected chi connectivity index (χ0v) is 19.2. The summed E-state index contributed by atoms with van der Waals surface area (Å²) in [6, 6.07) is 5.42. The number of nitrogens with zero attached hydrogens (tertiary/aromatic N) is 2. The standard InChI is InChI=1S/C23H29N3O4S/c1-12-5-6-13-16(11-12)31(29)25-21(24-13)18-20(27)17-14-7-8-15(30-14)19(17)26(22(18)28)10-9-23(2,3)4/h5-6,11,14-15,17,19,27H,7-10H2,1-4H3,(H,24,25). The van der Waals surface area contributed by atoms with E-state index in [1.165, 1.54) is 0 Å². The second kappa shape index (κ2) is 7.17. The van der Waals surface area contributed by atoms with Gasteiger partial charge in [0.2, 0.25) is 0 Å². The van der Waals surface area contributed by atoms with Crippen molar-refractivity contribution >= 4 is 28.4 Å². The van der Waals surface area contributed by atoms with E-state index in [1.54, 1.807) is 0 Å². The molecule has 2 saturated heterocycles. The van der Waals surface area contributed by atoms with Crippen LogP contribution in [0.3, 0.4) is 0 Å². The minimum atomic E-state index is -1.65. The molecule has 1 aromatic carbocycles. The van der Waals surface area contributed by atoms with Crippen LogP contribution in [0.2, 0.25) is 0 Å². The number of nitrogens with one attached hydrogen (secondary N) is 1. The van der Waals surface area contributed by atoms with Crippen LogP contribution < -0.4 is 5.32 Å². The van der Waals surface area contributed by atoms with E-state index in [0.717, 1.165) is 24.8 Å². The van der Waals surface area contributed by atoms with Crippen molar-refractivity contribution in [1.82, 2.24) is 4.90 Å². The van der Waals surface area contributed by atoms with Gasteiger partial charge in [-0.2, -0.15) is 4.40 Å². The van der Waals surface area contributed by atoms with Crippen LogP contribution in [0, 0.1) is 18.3 Å². The van der Waals surface area contributed by atoms with Gasteiger partial charge in [-0.15, -0.1) is 0 Å². The maximum atomic E-state index is 13.7. The summed E-state index contributed by atoms with van der Waals surface area (Å²) in [5, 5.41) is 14.4. The molecule has 5 rings (SSSR count). The van der Waals surface area contributed by atoms with Crippen LogP contribution >= 0.6 is 0 Å². The highest BCUT2D eigenvalue weighted by Crippen LogP contribution is 2.48. The number of aliphatic hydroxyl groups is 1. The van der Waals surface area contributed by atoms with Gasteiger partial charge in [-0.05, 0) is 49.3 Å². The summed E-state index contributed by atoms with van der Waals surface area (Å²) >= 11 is 0. The van der Waals surface area contributed by atoms with Crippen LogP contribution in [-0.4, -0.2) is 50.8 Å². The second-order valence-corrected chi connectivity index (χ2v) is 11.3. The fourth-order valence-electron chi connectivity index (χ4n) is 5.14. The van der Waals surface area contributed by atoms with Gasteiger partial charge < -0.3 is 20.1 Å². The Morgan fingerprint density at radius 3 is 2.77 bits per heavy atom. The molecule has 2 bridgehead atoms. The lowest BCUT2D eigenvalue weighted by molar-refractivity contribution is -0.132. The summed E-state index contributed by atoms with van der Waals surface area (Å²) in [5.41, 5.74) is 1.83. The first-order valence-electron chi connectivity index (χ1n) is 10.9. The second-order valence-electron chi connectivity index (χ2n) is 10.2. The summed E-state index contributed by atoms with van der Waals surface area (Å²) in [5.74, 6) is -0.325. The number of fused-ring (bicyclic) bond motifs is 6. The average molecular weight is 444 g/mol. The van der Waals surface area contributed by atoms with Gasteiger partial charge >= 0.3 is 0 Å². The first-order valence-corrected chi connectivity index (χ1v) is 12.0. The van der Waals surface area contributed by atoms with Gasteiger partial charge in [0.05, 0.1) is 34.8 Å². The Labute approximate surface area is 185 Å². The van der Waals surface area contributed by atoms with Crippen molar-refractivity contribution in [2.45, 2.75) is 70.1 Å². The number of amides is 1. The fraction of sp³-hybridized carbons (Fsp3) is 0.565. The van der Waals surface area contributed by atoms with E-state index in [4.69, 9.17) is 4.74 Å². The molecule has 1 amide bonds. The molecule has 4 heterocycles. The predicted molar refractivity (Wildman–Crippen MR) is 119 cm³/mol. The lowest BCUT2D eigenvalue weighted by Crippen LogP contribution is -2.56. The summed E-state index contributed by atoms with van der Waals surface area (Å²) in [7, 11) is -1.65. The molecular formula is C23H29N3O4S. The Kier molecular flexibility index (Phi) is 4.79. The molecule has 0 radical (unpaired) electrons. The van der Waals surface area contributed by atoms with E-state index in [-0.39, 0.29) is 52.7 Å². The number of rotatable bonds is 3. The molecule has 2 N–H and O–H groups in total. The number of aliphatic hydroxyl groups excluding tert-OH is 1. The Morgan fingerprint density at radius 1 is 1.29 bits per heavy atom. The molecule has 0 aromatic heterocycles. The zero-order valence-electron chi connectivity index (χ0n) is 18.3. The number of aryl methyl sites for hydroxylation is 1. The van der Waals surface area contributed by atoms with Gasteiger partial charge in [0.1, 0.15) is 11.3 Å². The molecule has 5 atom stereocenters. The molecule has 2 fully saturated rings. The molecule has 0 spiro atoms. The van der Waals surface area contributed by atoms with Crippen molar-refractivity contribution in [2.75, 3.05) is 11.9 Å². The number of anilines is 1. The van der Waals surface area contributed by atoms with Crippen molar-refractivity contribution in [1.29, 1.82) is 0 Å². The highest BCUT2D eigenvalue weighted by molar-refractivity contribution is 7.84. The molecule has 8 heteroatoms. The number of benzene rings is 1. The Hall–Kier alpha value is -2.19. The van der Waals surface area contributed by atoms with Crippen LogP contribution in [0.25, 0.3) is 0 Å². The largest absolute Gasteiger partial charge is 0.511 e. The van der Waals surface area contributed by atoms with E-state index in [0.29, 0.717) is 17.1 Å². The third-order valence-electron chi connectivity index (χ3n) is 6.73. The lowest BCUT2D eigenvalue weighted by Gasteiger charge is -2.43. The van der Waals surface area contributed by atoms with E-state index < -0.39 is 11.0 Å². The average Bonchev–Trinajstić information content (AvgIpc) is 3.30. The summed E-state index contributed by atoms with van der Waals surface area (Å²) in [4.78, 5) is 16.1. The lowest BCUT2D eigenvalue weighted by atomic mass is 9.77. The molecule has 7 nitrogen and oxygen atoms in total. The SMILES string of the molecule is Cc1ccc2c(c1)S(=O)N=C(C1=C(O)C3C4CCC(O4)C3N(CCC(C)(C)C)C1=O)N2. The van der Waals surface area contributed by atoms with Crippen molar-refractivity contribution in [2.24, 2.45) is 15.7 Å². The van der Waals surface area contributed by atoms with Crippen molar-refractivity contribution in [3.8, 4) is 0 Å². The third kappa shape index (κ3) is 3.40. The van der Waals surface area contributed by atoms with Crippen LogP contribution in [0.4, 0.5) is 5.69 Å². The number of carbonyl (C=O) groups excluding carboxylic acids is 1.